The van der Waals surface area contributed by atoms with Gasteiger partial charge in [0.1, 0.15) is 11.1 Å². The van der Waals surface area contributed by atoms with Crippen LogP contribution in [0.5, 0.6) is 0 Å². The second kappa shape index (κ2) is 6.40. The maximum Gasteiger partial charge on any atom is 0.242 e. The Morgan fingerprint density at radius 1 is 1.38 bits per heavy atom. The van der Waals surface area contributed by atoms with E-state index in [1.54, 1.807) is 12.1 Å². The van der Waals surface area contributed by atoms with Crippen molar-refractivity contribution < 1.29 is 21.6 Å². The van der Waals surface area contributed by atoms with Gasteiger partial charge < -0.3 is 10.2 Å². The minimum atomic E-state index is -3.80. The third kappa shape index (κ3) is 3.30. The van der Waals surface area contributed by atoms with Crippen LogP contribution in [0.4, 0.5) is 18.9 Å². The van der Waals surface area contributed by atoms with E-state index in [0.29, 0.717) is 13.0 Å². The van der Waals surface area contributed by atoms with Crippen molar-refractivity contribution in [3.8, 4) is 0 Å². The number of halogens is 3. The lowest BCUT2D eigenvalue weighted by Gasteiger charge is -2.33. The number of anilines is 1. The molecule has 4 nitrogen and oxygen atoms in total. The van der Waals surface area contributed by atoms with E-state index in [1.165, 1.54) is 6.07 Å². The number of likely N-dealkylation sites (tertiary alicyclic amines) is 1. The van der Waals surface area contributed by atoms with Crippen molar-refractivity contribution in [2.45, 2.75) is 36.4 Å². The van der Waals surface area contributed by atoms with Gasteiger partial charge in [-0.1, -0.05) is 12.1 Å². The predicted octanol–water partition coefficient (Wildman–Crippen LogP) is 2.92. The molecule has 0 aliphatic carbocycles. The first-order valence-electron chi connectivity index (χ1n) is 7.74. The lowest BCUT2D eigenvalue weighted by atomic mass is 10.0. The zero-order valence-electron chi connectivity index (χ0n) is 13.2. The fraction of sp³-hybridized carbons (Fsp3) is 0.500. The summed E-state index contributed by atoms with van der Waals surface area (Å²) in [5.74, 6) is 0. The number of hydrogen-bond acceptors (Lipinski definition) is 4. The SMILES string of the molecule is CN1CC[C@H](Nc2cccc3c2S(=O)(=O)C=C3CC(F)F)[C@@H](F)C1. The molecule has 132 valence electrons. The Kier molecular flexibility index (Phi) is 4.61. The number of nitrogens with zero attached hydrogens (tertiary/aromatic N) is 1. The van der Waals surface area contributed by atoms with E-state index in [-0.39, 0.29) is 28.3 Å². The van der Waals surface area contributed by atoms with Crippen LogP contribution in [0, 0.1) is 0 Å². The van der Waals surface area contributed by atoms with Gasteiger partial charge in [0, 0.05) is 24.9 Å². The van der Waals surface area contributed by atoms with E-state index >= 15 is 0 Å². The molecule has 0 saturated carbocycles. The quantitative estimate of drug-likeness (QED) is 0.897. The molecule has 0 aromatic heterocycles. The number of fused-ring (bicyclic) bond motifs is 1. The summed E-state index contributed by atoms with van der Waals surface area (Å²) >= 11 is 0. The van der Waals surface area contributed by atoms with Gasteiger partial charge in [-0.2, -0.15) is 0 Å². The third-order valence-corrected chi connectivity index (χ3v) is 6.01. The largest absolute Gasteiger partial charge is 0.378 e. The summed E-state index contributed by atoms with van der Waals surface area (Å²) in [6, 6.07) is 4.17. The van der Waals surface area contributed by atoms with Crippen LogP contribution in [-0.2, 0) is 9.84 Å². The Morgan fingerprint density at radius 3 is 2.79 bits per heavy atom. The molecule has 1 saturated heterocycles. The first-order valence-corrected chi connectivity index (χ1v) is 9.29. The number of allylic oxidation sites excluding steroid dienone is 1. The van der Waals surface area contributed by atoms with Gasteiger partial charge >= 0.3 is 0 Å². The van der Waals surface area contributed by atoms with Crippen LogP contribution in [0.1, 0.15) is 18.4 Å². The number of benzene rings is 1. The maximum atomic E-state index is 14.2. The van der Waals surface area contributed by atoms with Crippen molar-refractivity contribution in [3.63, 3.8) is 0 Å². The summed E-state index contributed by atoms with van der Waals surface area (Å²) < 4.78 is 64.3. The normalized spacial score (nSPS) is 26.3. The average Bonchev–Trinajstić information content (AvgIpc) is 2.73. The molecule has 2 aliphatic rings. The summed E-state index contributed by atoms with van der Waals surface area (Å²) in [6.45, 7) is 0.975. The standard InChI is InChI=1S/C16H19F3N2O2S/c1-21-6-5-13(12(17)8-21)20-14-4-2-3-11-10(7-15(18)19)9-24(22,23)16(11)14/h2-4,9,12-13,15,20H,5-8H2,1H3/t12-,13-/m0/s1. The maximum absolute atomic E-state index is 14.2. The van der Waals surface area contributed by atoms with E-state index in [4.69, 9.17) is 0 Å². The number of alkyl halides is 3. The molecule has 8 heteroatoms. The molecule has 0 spiro atoms. The molecule has 1 fully saturated rings. The van der Waals surface area contributed by atoms with Crippen LogP contribution in [0.15, 0.2) is 28.5 Å². The van der Waals surface area contributed by atoms with E-state index in [1.807, 2.05) is 11.9 Å². The monoisotopic (exact) mass is 360 g/mol. The lowest BCUT2D eigenvalue weighted by molar-refractivity contribution is 0.149. The van der Waals surface area contributed by atoms with Crippen LogP contribution in [0.3, 0.4) is 0 Å². The molecular formula is C16H19F3N2O2S. The smallest absolute Gasteiger partial charge is 0.242 e. The first kappa shape index (κ1) is 17.3. The highest BCUT2D eigenvalue weighted by molar-refractivity contribution is 7.95. The third-order valence-electron chi connectivity index (χ3n) is 4.40. The molecule has 1 N–H and O–H groups in total. The van der Waals surface area contributed by atoms with Gasteiger partial charge in [-0.25, -0.2) is 21.6 Å². The minimum Gasteiger partial charge on any atom is -0.378 e. The van der Waals surface area contributed by atoms with Crippen molar-refractivity contribution in [3.05, 3.63) is 29.2 Å². The fourth-order valence-electron chi connectivity index (χ4n) is 3.26. The molecular weight excluding hydrogens is 341 g/mol. The van der Waals surface area contributed by atoms with Gasteiger partial charge in [0.05, 0.1) is 11.7 Å². The van der Waals surface area contributed by atoms with Gasteiger partial charge in [-0.15, -0.1) is 0 Å². The predicted molar refractivity (Wildman–Crippen MR) is 86.6 cm³/mol. The zero-order chi connectivity index (χ0) is 17.5. The van der Waals surface area contributed by atoms with E-state index in [0.717, 1.165) is 5.41 Å². The summed E-state index contributed by atoms with van der Waals surface area (Å²) in [7, 11) is -1.97. The number of rotatable bonds is 4. The lowest BCUT2D eigenvalue weighted by Crippen LogP contribution is -2.46. The van der Waals surface area contributed by atoms with Gasteiger partial charge in [-0.05, 0) is 30.7 Å². The number of hydrogen-bond donors (Lipinski definition) is 1. The van der Waals surface area contributed by atoms with Crippen molar-refractivity contribution >= 4 is 21.1 Å². The highest BCUT2D eigenvalue weighted by Crippen LogP contribution is 2.41. The molecule has 0 radical (unpaired) electrons. The highest BCUT2D eigenvalue weighted by atomic mass is 32.2. The fourth-order valence-corrected chi connectivity index (χ4v) is 4.92. The Hall–Kier alpha value is -1.54. The van der Waals surface area contributed by atoms with E-state index < -0.39 is 34.9 Å². The Balaban J connectivity index is 1.92. The van der Waals surface area contributed by atoms with Crippen LogP contribution in [-0.4, -0.2) is 52.1 Å². The summed E-state index contributed by atoms with van der Waals surface area (Å²) in [5, 5.41) is 3.88. The van der Waals surface area contributed by atoms with Crippen molar-refractivity contribution in [1.82, 2.24) is 4.90 Å². The zero-order valence-corrected chi connectivity index (χ0v) is 14.0. The van der Waals surface area contributed by atoms with E-state index in [9.17, 15) is 21.6 Å². The summed E-state index contributed by atoms with van der Waals surface area (Å²) in [6.07, 6.45) is -3.83. The minimum absolute atomic E-state index is 0.0215. The molecule has 1 aromatic carbocycles. The number of piperidine rings is 1. The Bertz CT molecular complexity index is 765. The highest BCUT2D eigenvalue weighted by Gasteiger charge is 2.33. The molecule has 24 heavy (non-hydrogen) atoms. The van der Waals surface area contributed by atoms with Gasteiger partial charge in [0.15, 0.2) is 0 Å². The molecule has 2 aliphatic heterocycles. The topological polar surface area (TPSA) is 49.4 Å². The van der Waals surface area contributed by atoms with Gasteiger partial charge in [-0.3, -0.25) is 0 Å². The molecule has 0 amide bonds. The van der Waals surface area contributed by atoms with Crippen LogP contribution < -0.4 is 5.32 Å². The van der Waals surface area contributed by atoms with Crippen molar-refractivity contribution in [2.75, 3.05) is 25.5 Å². The molecule has 0 bridgehead atoms. The average molecular weight is 360 g/mol. The van der Waals surface area contributed by atoms with Gasteiger partial charge in [0.25, 0.3) is 0 Å². The summed E-state index contributed by atoms with van der Waals surface area (Å²) in [4.78, 5) is 1.85. The van der Waals surface area contributed by atoms with E-state index in [2.05, 4.69) is 5.32 Å². The van der Waals surface area contributed by atoms with Crippen molar-refractivity contribution in [1.29, 1.82) is 0 Å². The van der Waals surface area contributed by atoms with Gasteiger partial charge in [0.2, 0.25) is 16.3 Å². The van der Waals surface area contributed by atoms with Crippen LogP contribution >= 0.6 is 0 Å². The summed E-state index contributed by atoms with van der Waals surface area (Å²) in [5.41, 5.74) is 0.665. The second-order valence-electron chi connectivity index (χ2n) is 6.28. The molecule has 0 unspecified atom stereocenters. The molecule has 3 rings (SSSR count). The molecule has 2 heterocycles. The van der Waals surface area contributed by atoms with Crippen LogP contribution in [0.25, 0.3) is 5.57 Å². The Labute approximate surface area is 139 Å². The Morgan fingerprint density at radius 2 is 2.12 bits per heavy atom. The first-order chi connectivity index (χ1) is 11.3. The second-order valence-corrected chi connectivity index (χ2v) is 8.02. The van der Waals surface area contributed by atoms with Crippen LogP contribution in [0.2, 0.25) is 0 Å². The molecule has 2 atom stereocenters. The number of sulfone groups is 1. The van der Waals surface area contributed by atoms with Crippen molar-refractivity contribution in [2.24, 2.45) is 0 Å². The number of nitrogens with one attached hydrogen (secondary N) is 1. The molecule has 1 aromatic rings.